The zero-order chi connectivity index (χ0) is 13.5. The van der Waals surface area contributed by atoms with Crippen LogP contribution in [0.25, 0.3) is 32.9 Å². The zero-order valence-electron chi connectivity index (χ0n) is 10.6. The van der Waals surface area contributed by atoms with Crippen LogP contribution in [0.15, 0.2) is 60.8 Å². The van der Waals surface area contributed by atoms with Gasteiger partial charge >= 0.3 is 0 Å². The maximum absolute atomic E-state index is 12.9. The third-order valence-corrected chi connectivity index (χ3v) is 3.57. The molecule has 0 unspecified atom stereocenters. The molecule has 3 heteroatoms. The van der Waals surface area contributed by atoms with Crippen LogP contribution in [-0.4, -0.2) is 9.97 Å². The van der Waals surface area contributed by atoms with E-state index in [-0.39, 0.29) is 0 Å². The zero-order valence-corrected chi connectivity index (χ0v) is 10.6. The highest BCUT2D eigenvalue weighted by molar-refractivity contribution is 6.08. The SMILES string of the molecule is [18F]c1ccc(-c2ccc3c(c2)[nH]c2ccccc23)cn1. The van der Waals surface area contributed by atoms with Crippen molar-refractivity contribution >= 4 is 21.8 Å². The number of nitrogens with one attached hydrogen (secondary N) is 1. The average Bonchev–Trinajstić information content (AvgIpc) is 2.85. The van der Waals surface area contributed by atoms with Gasteiger partial charge in [0.05, 0.1) is 0 Å². The summed E-state index contributed by atoms with van der Waals surface area (Å²) in [5.74, 6) is -0.458. The number of H-pyrrole nitrogens is 1. The van der Waals surface area contributed by atoms with Gasteiger partial charge in [-0.2, -0.15) is 4.39 Å². The summed E-state index contributed by atoms with van der Waals surface area (Å²) < 4.78 is 12.9. The Morgan fingerprint density at radius 1 is 0.800 bits per heavy atom. The molecule has 0 spiro atoms. The number of pyridine rings is 1. The summed E-state index contributed by atoms with van der Waals surface area (Å²) in [6.45, 7) is 0. The maximum atomic E-state index is 12.9. The molecule has 0 saturated heterocycles. The predicted molar refractivity (Wildman–Crippen MR) is 79.0 cm³/mol. The second kappa shape index (κ2) is 4.17. The first-order valence-corrected chi connectivity index (χ1v) is 6.44. The molecule has 1 N–H and O–H groups in total. The van der Waals surface area contributed by atoms with E-state index in [1.807, 2.05) is 18.2 Å². The number of nitrogens with zero attached hydrogens (tertiary/aromatic N) is 1. The van der Waals surface area contributed by atoms with Crippen molar-refractivity contribution in [2.45, 2.75) is 0 Å². The van der Waals surface area contributed by atoms with Gasteiger partial charge in [0, 0.05) is 33.6 Å². The number of aromatic amines is 1. The monoisotopic (exact) mass is 261 g/mol. The van der Waals surface area contributed by atoms with Gasteiger partial charge in [-0.25, -0.2) is 4.98 Å². The summed E-state index contributed by atoms with van der Waals surface area (Å²) in [5, 5.41) is 2.41. The Hall–Kier alpha value is -2.68. The molecule has 0 radical (unpaired) electrons. The summed E-state index contributed by atoms with van der Waals surface area (Å²) >= 11 is 0. The second-order valence-corrected chi connectivity index (χ2v) is 4.80. The molecule has 0 bridgehead atoms. The molecule has 2 nitrogen and oxygen atoms in total. The lowest BCUT2D eigenvalue weighted by Crippen LogP contribution is -1.83. The number of halogens is 1. The van der Waals surface area contributed by atoms with Crippen molar-refractivity contribution in [2.24, 2.45) is 0 Å². The van der Waals surface area contributed by atoms with Crippen molar-refractivity contribution in [3.05, 3.63) is 66.7 Å². The Bertz CT molecular complexity index is 907. The van der Waals surface area contributed by atoms with Gasteiger partial charge in [0.15, 0.2) is 0 Å². The third-order valence-electron chi connectivity index (χ3n) is 3.57. The average molecular weight is 261 g/mol. The van der Waals surface area contributed by atoms with Crippen LogP contribution < -0.4 is 0 Å². The van der Waals surface area contributed by atoms with E-state index in [9.17, 15) is 4.39 Å². The fourth-order valence-electron chi connectivity index (χ4n) is 2.58. The van der Waals surface area contributed by atoms with Crippen LogP contribution in [0.1, 0.15) is 0 Å². The van der Waals surface area contributed by atoms with E-state index in [1.54, 1.807) is 12.3 Å². The Morgan fingerprint density at radius 3 is 2.45 bits per heavy atom. The Labute approximate surface area is 114 Å². The summed E-state index contributed by atoms with van der Waals surface area (Å²) in [7, 11) is 0. The molecule has 0 fully saturated rings. The lowest BCUT2D eigenvalue weighted by molar-refractivity contribution is 0.584. The van der Waals surface area contributed by atoms with Crippen molar-refractivity contribution in [3.8, 4) is 11.1 Å². The molecule has 0 atom stereocenters. The molecule has 0 saturated carbocycles. The fourth-order valence-corrected chi connectivity index (χ4v) is 2.58. The number of hydrogen-bond donors (Lipinski definition) is 1. The first-order chi connectivity index (χ1) is 9.81. The van der Waals surface area contributed by atoms with Crippen LogP contribution in [0.2, 0.25) is 0 Å². The molecular weight excluding hydrogens is 250 g/mol. The number of rotatable bonds is 1. The van der Waals surface area contributed by atoms with Gasteiger partial charge in [0.25, 0.3) is 0 Å². The molecule has 96 valence electrons. The van der Waals surface area contributed by atoms with E-state index in [0.29, 0.717) is 0 Å². The van der Waals surface area contributed by atoms with Crippen LogP contribution in [0.4, 0.5) is 4.39 Å². The molecule has 2 aromatic carbocycles. The van der Waals surface area contributed by atoms with E-state index in [2.05, 4.69) is 34.2 Å². The molecule has 4 aromatic rings. The fraction of sp³-hybridized carbons (Fsp3) is 0. The Kier molecular flexibility index (Phi) is 2.33. The van der Waals surface area contributed by atoms with Crippen LogP contribution in [0.5, 0.6) is 0 Å². The predicted octanol–water partition coefficient (Wildman–Crippen LogP) is 4.52. The smallest absolute Gasteiger partial charge is 0.212 e. The molecular formula is C17H11FN2. The lowest BCUT2D eigenvalue weighted by Gasteiger charge is -2.01. The molecule has 2 aromatic heterocycles. The van der Waals surface area contributed by atoms with Gasteiger partial charge in [0.2, 0.25) is 5.95 Å². The first kappa shape index (κ1) is 11.2. The quantitative estimate of drug-likeness (QED) is 0.501. The number of benzene rings is 2. The van der Waals surface area contributed by atoms with E-state index in [0.717, 1.165) is 22.2 Å². The largest absolute Gasteiger partial charge is 0.354 e. The highest BCUT2D eigenvalue weighted by Gasteiger charge is 2.05. The van der Waals surface area contributed by atoms with Crippen molar-refractivity contribution in [3.63, 3.8) is 0 Å². The van der Waals surface area contributed by atoms with Crippen LogP contribution >= 0.6 is 0 Å². The topological polar surface area (TPSA) is 28.7 Å². The van der Waals surface area contributed by atoms with Crippen molar-refractivity contribution in [1.82, 2.24) is 9.97 Å². The Balaban J connectivity index is 1.94. The third kappa shape index (κ3) is 1.67. The number of hydrogen-bond acceptors (Lipinski definition) is 1. The molecule has 20 heavy (non-hydrogen) atoms. The number of aromatic nitrogens is 2. The summed E-state index contributed by atoms with van der Waals surface area (Å²) in [5.41, 5.74) is 4.13. The molecule has 0 aliphatic rings. The standard InChI is InChI=1S/C17H11FN2/c18-17-8-6-12(10-19-17)11-5-7-14-13-3-1-2-4-15(13)20-16(14)9-11/h1-10,20H/i18-1. The minimum atomic E-state index is -0.458. The minimum Gasteiger partial charge on any atom is -0.354 e. The molecule has 4 rings (SSSR count). The number of para-hydroxylation sites is 1. The summed E-state index contributed by atoms with van der Waals surface area (Å²) in [4.78, 5) is 7.11. The van der Waals surface area contributed by atoms with Gasteiger partial charge < -0.3 is 4.98 Å². The van der Waals surface area contributed by atoms with Gasteiger partial charge in [-0.1, -0.05) is 30.3 Å². The van der Waals surface area contributed by atoms with Crippen molar-refractivity contribution < 1.29 is 4.39 Å². The Morgan fingerprint density at radius 2 is 1.60 bits per heavy atom. The highest BCUT2D eigenvalue weighted by atomic mass is 18.2. The minimum absolute atomic E-state index is 0.458. The molecule has 0 aliphatic carbocycles. The summed E-state index contributed by atoms with van der Waals surface area (Å²) in [6, 6.07) is 17.5. The normalized spacial score (nSPS) is 11.2. The van der Waals surface area contributed by atoms with E-state index < -0.39 is 5.95 Å². The van der Waals surface area contributed by atoms with E-state index >= 15 is 0 Å². The van der Waals surface area contributed by atoms with Crippen LogP contribution in [0.3, 0.4) is 0 Å². The second-order valence-electron chi connectivity index (χ2n) is 4.80. The van der Waals surface area contributed by atoms with E-state index in [1.165, 1.54) is 16.8 Å². The first-order valence-electron chi connectivity index (χ1n) is 6.44. The maximum Gasteiger partial charge on any atom is 0.212 e. The molecule has 0 aliphatic heterocycles. The van der Waals surface area contributed by atoms with Gasteiger partial charge in [-0.3, -0.25) is 0 Å². The van der Waals surface area contributed by atoms with Crippen LogP contribution in [0, 0.1) is 5.95 Å². The van der Waals surface area contributed by atoms with Crippen molar-refractivity contribution in [1.29, 1.82) is 0 Å². The van der Waals surface area contributed by atoms with Crippen LogP contribution in [-0.2, 0) is 0 Å². The van der Waals surface area contributed by atoms with E-state index in [4.69, 9.17) is 0 Å². The van der Waals surface area contributed by atoms with Crippen molar-refractivity contribution in [2.75, 3.05) is 0 Å². The van der Waals surface area contributed by atoms with Gasteiger partial charge in [0.1, 0.15) is 0 Å². The highest BCUT2D eigenvalue weighted by Crippen LogP contribution is 2.29. The van der Waals surface area contributed by atoms with Gasteiger partial charge in [-0.05, 0) is 29.8 Å². The summed E-state index contributed by atoms with van der Waals surface area (Å²) in [6.07, 6.45) is 1.55. The van der Waals surface area contributed by atoms with Gasteiger partial charge in [-0.15, -0.1) is 0 Å². The molecule has 2 heterocycles. The number of fused-ring (bicyclic) bond motifs is 3. The lowest BCUT2D eigenvalue weighted by atomic mass is 10.1. The molecule has 0 amide bonds.